The van der Waals surface area contributed by atoms with Gasteiger partial charge in [-0.25, -0.2) is 8.42 Å². The number of aryl methyl sites for hydroxylation is 1. The molecule has 2 atom stereocenters. The van der Waals surface area contributed by atoms with Crippen LogP contribution in [-0.4, -0.2) is 37.4 Å². The van der Waals surface area contributed by atoms with Crippen molar-refractivity contribution >= 4 is 27.3 Å². The summed E-state index contributed by atoms with van der Waals surface area (Å²) in [6.45, 7) is 2.41. The van der Waals surface area contributed by atoms with Crippen molar-refractivity contribution < 1.29 is 13.2 Å². The lowest BCUT2D eigenvalue weighted by atomic mass is 9.93. The standard InChI is InChI=1S/C15H21NO3S2/c1-11-2-3-13(16)14(8-11)21(17,18)12-4-6-19-15(9-12)5-7-20-10-15/h2-3,8,12H,4-7,9-10,16H2,1H3. The Hall–Kier alpha value is -0.720. The first-order valence-corrected chi connectivity index (χ1v) is 9.95. The van der Waals surface area contributed by atoms with E-state index in [2.05, 4.69) is 0 Å². The largest absolute Gasteiger partial charge is 0.398 e. The van der Waals surface area contributed by atoms with Crippen molar-refractivity contribution in [2.45, 2.75) is 41.9 Å². The van der Waals surface area contributed by atoms with Gasteiger partial charge in [0.15, 0.2) is 9.84 Å². The molecule has 0 saturated carbocycles. The van der Waals surface area contributed by atoms with Crippen LogP contribution in [0.3, 0.4) is 0 Å². The van der Waals surface area contributed by atoms with Gasteiger partial charge in [0.1, 0.15) is 0 Å². The molecule has 2 N–H and O–H groups in total. The normalized spacial score (nSPS) is 29.9. The summed E-state index contributed by atoms with van der Waals surface area (Å²) in [4.78, 5) is 0.287. The SMILES string of the molecule is Cc1ccc(N)c(S(=O)(=O)C2CCOC3(CCSC3)C2)c1. The number of hydrogen-bond acceptors (Lipinski definition) is 5. The molecule has 0 amide bonds. The minimum Gasteiger partial charge on any atom is -0.398 e. The van der Waals surface area contributed by atoms with Crippen LogP contribution in [0.5, 0.6) is 0 Å². The molecule has 0 bridgehead atoms. The van der Waals surface area contributed by atoms with Gasteiger partial charge in [-0.1, -0.05) is 6.07 Å². The predicted molar refractivity (Wildman–Crippen MR) is 86.4 cm³/mol. The highest BCUT2D eigenvalue weighted by Gasteiger charge is 2.45. The van der Waals surface area contributed by atoms with Crippen molar-refractivity contribution in [3.63, 3.8) is 0 Å². The number of hydrogen-bond donors (Lipinski definition) is 1. The summed E-state index contributed by atoms with van der Waals surface area (Å²) in [7, 11) is -3.39. The molecule has 0 aliphatic carbocycles. The summed E-state index contributed by atoms with van der Waals surface area (Å²) in [5.41, 5.74) is 6.94. The van der Waals surface area contributed by atoms with Crippen LogP contribution in [0.25, 0.3) is 0 Å². The predicted octanol–water partition coefficient (Wildman–Crippen LogP) is 2.41. The second-order valence-electron chi connectivity index (χ2n) is 6.04. The summed E-state index contributed by atoms with van der Waals surface area (Å²) in [5, 5.41) is -0.381. The van der Waals surface area contributed by atoms with E-state index in [1.165, 1.54) is 0 Å². The van der Waals surface area contributed by atoms with E-state index in [1.807, 2.05) is 24.8 Å². The van der Waals surface area contributed by atoms with Crippen molar-refractivity contribution in [3.05, 3.63) is 23.8 Å². The molecule has 6 heteroatoms. The van der Waals surface area contributed by atoms with E-state index in [-0.39, 0.29) is 15.7 Å². The number of nitrogens with two attached hydrogens (primary N) is 1. The highest BCUT2D eigenvalue weighted by atomic mass is 32.2. The average molecular weight is 327 g/mol. The molecule has 2 saturated heterocycles. The summed E-state index contributed by atoms with van der Waals surface area (Å²) >= 11 is 1.85. The highest BCUT2D eigenvalue weighted by Crippen LogP contribution is 2.41. The maximum absolute atomic E-state index is 13.0. The second-order valence-corrected chi connectivity index (χ2v) is 9.34. The number of thioether (sulfide) groups is 1. The van der Waals surface area contributed by atoms with Crippen LogP contribution in [0.1, 0.15) is 24.8 Å². The zero-order chi connectivity index (χ0) is 15.1. The molecule has 2 aliphatic rings. The molecule has 116 valence electrons. The smallest absolute Gasteiger partial charge is 0.183 e. The van der Waals surface area contributed by atoms with Crippen molar-refractivity contribution in [1.82, 2.24) is 0 Å². The molecular weight excluding hydrogens is 306 g/mol. The molecule has 1 aromatic rings. The van der Waals surface area contributed by atoms with Crippen LogP contribution >= 0.6 is 11.8 Å². The quantitative estimate of drug-likeness (QED) is 0.845. The molecule has 3 rings (SSSR count). The van der Waals surface area contributed by atoms with E-state index in [9.17, 15) is 8.42 Å². The molecule has 4 nitrogen and oxygen atoms in total. The number of sulfone groups is 1. The molecule has 2 heterocycles. The molecule has 1 aromatic carbocycles. The summed E-state index contributed by atoms with van der Waals surface area (Å²) in [6.07, 6.45) is 2.10. The lowest BCUT2D eigenvalue weighted by Gasteiger charge is -2.37. The van der Waals surface area contributed by atoms with Gasteiger partial charge in [-0.15, -0.1) is 0 Å². The zero-order valence-electron chi connectivity index (χ0n) is 12.2. The van der Waals surface area contributed by atoms with E-state index >= 15 is 0 Å². The molecule has 21 heavy (non-hydrogen) atoms. The molecule has 2 aliphatic heterocycles. The molecular formula is C15H21NO3S2. The molecule has 1 spiro atoms. The Morgan fingerprint density at radius 2 is 2.24 bits per heavy atom. The van der Waals surface area contributed by atoms with Crippen LogP contribution in [0, 0.1) is 6.92 Å². The first-order valence-electron chi connectivity index (χ1n) is 7.25. The third-order valence-electron chi connectivity index (χ3n) is 4.43. The number of anilines is 1. The van der Waals surface area contributed by atoms with Crippen LogP contribution in [0.15, 0.2) is 23.1 Å². The van der Waals surface area contributed by atoms with Crippen molar-refractivity contribution in [1.29, 1.82) is 0 Å². The topological polar surface area (TPSA) is 69.4 Å². The Morgan fingerprint density at radius 3 is 2.95 bits per heavy atom. The molecule has 0 radical (unpaired) electrons. The average Bonchev–Trinajstić information content (AvgIpc) is 2.89. The fraction of sp³-hybridized carbons (Fsp3) is 0.600. The van der Waals surface area contributed by atoms with Gasteiger partial charge in [0.25, 0.3) is 0 Å². The Bertz CT molecular complexity index is 636. The fourth-order valence-corrected chi connectivity index (χ4v) is 6.59. The molecule has 0 aromatic heterocycles. The van der Waals surface area contributed by atoms with Gasteiger partial charge >= 0.3 is 0 Å². The lowest BCUT2D eigenvalue weighted by molar-refractivity contribution is -0.0572. The van der Waals surface area contributed by atoms with Crippen molar-refractivity contribution in [2.24, 2.45) is 0 Å². The van der Waals surface area contributed by atoms with E-state index in [0.717, 1.165) is 23.5 Å². The van der Waals surface area contributed by atoms with Crippen LogP contribution in [-0.2, 0) is 14.6 Å². The Labute approximate surface area is 130 Å². The number of rotatable bonds is 2. The van der Waals surface area contributed by atoms with Gasteiger partial charge in [0.05, 0.1) is 21.4 Å². The van der Waals surface area contributed by atoms with Gasteiger partial charge in [0.2, 0.25) is 0 Å². The summed E-state index contributed by atoms with van der Waals surface area (Å²) < 4.78 is 31.8. The third kappa shape index (κ3) is 2.81. The van der Waals surface area contributed by atoms with Crippen molar-refractivity contribution in [3.8, 4) is 0 Å². The summed E-state index contributed by atoms with van der Waals surface area (Å²) in [6, 6.07) is 5.21. The first-order chi connectivity index (χ1) is 9.93. The minimum atomic E-state index is -3.39. The highest BCUT2D eigenvalue weighted by molar-refractivity contribution is 7.99. The van der Waals surface area contributed by atoms with Crippen LogP contribution in [0.4, 0.5) is 5.69 Å². The van der Waals surface area contributed by atoms with Gasteiger partial charge in [-0.2, -0.15) is 11.8 Å². The zero-order valence-corrected chi connectivity index (χ0v) is 13.8. The van der Waals surface area contributed by atoms with E-state index < -0.39 is 9.84 Å². The Balaban J connectivity index is 1.92. The summed E-state index contributed by atoms with van der Waals surface area (Å²) in [5.74, 6) is 1.96. The number of nitrogen functional groups attached to an aromatic ring is 1. The van der Waals surface area contributed by atoms with Crippen LogP contribution in [0.2, 0.25) is 0 Å². The molecule has 2 fully saturated rings. The Morgan fingerprint density at radius 1 is 1.43 bits per heavy atom. The Kier molecular flexibility index (Phi) is 3.96. The molecule has 2 unspecified atom stereocenters. The van der Waals surface area contributed by atoms with Crippen LogP contribution < -0.4 is 5.73 Å². The van der Waals surface area contributed by atoms with Gasteiger partial charge in [-0.3, -0.25) is 0 Å². The first kappa shape index (κ1) is 15.2. The maximum Gasteiger partial charge on any atom is 0.183 e. The minimum absolute atomic E-state index is 0.237. The van der Waals surface area contributed by atoms with Crippen molar-refractivity contribution in [2.75, 3.05) is 23.8 Å². The maximum atomic E-state index is 13.0. The van der Waals surface area contributed by atoms with E-state index in [0.29, 0.717) is 25.1 Å². The monoisotopic (exact) mass is 327 g/mol. The number of benzene rings is 1. The van der Waals surface area contributed by atoms with E-state index in [4.69, 9.17) is 10.5 Å². The van der Waals surface area contributed by atoms with Gasteiger partial charge in [-0.05, 0) is 49.6 Å². The number of ether oxygens (including phenoxy) is 1. The van der Waals surface area contributed by atoms with Gasteiger partial charge in [0, 0.05) is 12.4 Å². The van der Waals surface area contributed by atoms with Gasteiger partial charge < -0.3 is 10.5 Å². The lowest BCUT2D eigenvalue weighted by Crippen LogP contribution is -2.44. The second kappa shape index (κ2) is 5.48. The fourth-order valence-electron chi connectivity index (χ4n) is 3.18. The third-order valence-corrected chi connectivity index (χ3v) is 7.90. The van der Waals surface area contributed by atoms with E-state index in [1.54, 1.807) is 12.1 Å².